The van der Waals surface area contributed by atoms with Gasteiger partial charge in [0, 0.05) is 6.04 Å². The lowest BCUT2D eigenvalue weighted by Crippen LogP contribution is -2.16. The molecule has 2 N–H and O–H groups in total. The molecule has 90 valence electrons. The van der Waals surface area contributed by atoms with Crippen LogP contribution in [0.5, 0.6) is 0 Å². The van der Waals surface area contributed by atoms with Gasteiger partial charge in [0.2, 0.25) is 0 Å². The zero-order chi connectivity index (χ0) is 12.3. The number of rotatable bonds is 4. The highest BCUT2D eigenvalue weighted by Gasteiger charge is 2.14. The molecule has 3 nitrogen and oxygen atoms in total. The lowest BCUT2D eigenvalue weighted by atomic mass is 9.97. The predicted octanol–water partition coefficient (Wildman–Crippen LogP) is 2.14. The number of nitrogens with two attached hydrogens (primary N) is 1. The van der Waals surface area contributed by atoms with Gasteiger partial charge in [-0.1, -0.05) is 32.9 Å². The molecule has 0 amide bonds. The normalized spacial score (nSPS) is 14.1. The molecule has 0 fully saturated rings. The van der Waals surface area contributed by atoms with Crippen LogP contribution in [0.25, 0.3) is 0 Å². The molecule has 0 heterocycles. The average molecular weight is 241 g/mol. The average Bonchev–Trinajstić information content (AvgIpc) is 2.28. The highest BCUT2D eigenvalue weighted by molar-refractivity contribution is 7.91. The standard InChI is InChI=1S/C12H19NO2S/c1-4-16(14,15)11-7-5-10(6-8-11)12(13)9(2)3/h5-9,12H,4,13H2,1-3H3. The Morgan fingerprint density at radius 2 is 1.69 bits per heavy atom. The maximum Gasteiger partial charge on any atom is 0.178 e. The predicted molar refractivity (Wildman–Crippen MR) is 65.9 cm³/mol. The molecule has 0 aliphatic rings. The number of benzene rings is 1. The fourth-order valence-corrected chi connectivity index (χ4v) is 2.33. The molecule has 0 saturated carbocycles. The maximum atomic E-state index is 11.6. The van der Waals surface area contributed by atoms with Gasteiger partial charge in [0.1, 0.15) is 0 Å². The fourth-order valence-electron chi connectivity index (χ4n) is 1.45. The molecule has 0 spiro atoms. The molecule has 16 heavy (non-hydrogen) atoms. The lowest BCUT2D eigenvalue weighted by Gasteiger charge is -2.16. The van der Waals surface area contributed by atoms with E-state index in [1.54, 1.807) is 31.2 Å². The highest BCUT2D eigenvalue weighted by Crippen LogP contribution is 2.20. The zero-order valence-electron chi connectivity index (χ0n) is 9.97. The van der Waals surface area contributed by atoms with Crippen molar-refractivity contribution in [1.29, 1.82) is 0 Å². The van der Waals surface area contributed by atoms with E-state index in [1.165, 1.54) is 0 Å². The van der Waals surface area contributed by atoms with Crippen LogP contribution in [0.1, 0.15) is 32.4 Å². The summed E-state index contributed by atoms with van der Waals surface area (Å²) < 4.78 is 23.2. The third kappa shape index (κ3) is 2.83. The number of hydrogen-bond donors (Lipinski definition) is 1. The van der Waals surface area contributed by atoms with E-state index >= 15 is 0 Å². The molecule has 1 aromatic carbocycles. The van der Waals surface area contributed by atoms with Crippen molar-refractivity contribution in [2.45, 2.75) is 31.7 Å². The van der Waals surface area contributed by atoms with Crippen molar-refractivity contribution >= 4 is 9.84 Å². The van der Waals surface area contributed by atoms with Crippen molar-refractivity contribution in [2.75, 3.05) is 5.75 Å². The molecule has 0 radical (unpaired) electrons. The molecule has 0 aliphatic heterocycles. The summed E-state index contributed by atoms with van der Waals surface area (Å²) in [7, 11) is -3.10. The van der Waals surface area contributed by atoms with Crippen LogP contribution in [-0.2, 0) is 9.84 Å². The largest absolute Gasteiger partial charge is 0.324 e. The summed E-state index contributed by atoms with van der Waals surface area (Å²) in [5.74, 6) is 0.469. The van der Waals surface area contributed by atoms with E-state index in [0.717, 1.165) is 5.56 Å². The van der Waals surface area contributed by atoms with Crippen molar-refractivity contribution in [3.63, 3.8) is 0 Å². The van der Waals surface area contributed by atoms with Crippen LogP contribution in [0.3, 0.4) is 0 Å². The van der Waals surface area contributed by atoms with Crippen LogP contribution in [0.4, 0.5) is 0 Å². The molecule has 1 unspecified atom stereocenters. The smallest absolute Gasteiger partial charge is 0.178 e. The Hall–Kier alpha value is -0.870. The Labute approximate surface area is 97.6 Å². The van der Waals surface area contributed by atoms with Crippen LogP contribution in [0, 0.1) is 5.92 Å². The minimum Gasteiger partial charge on any atom is -0.324 e. The topological polar surface area (TPSA) is 60.2 Å². The monoisotopic (exact) mass is 241 g/mol. The first-order valence-electron chi connectivity index (χ1n) is 5.46. The van der Waals surface area contributed by atoms with Gasteiger partial charge >= 0.3 is 0 Å². The zero-order valence-corrected chi connectivity index (χ0v) is 10.8. The Balaban J connectivity index is 3.01. The highest BCUT2D eigenvalue weighted by atomic mass is 32.2. The lowest BCUT2D eigenvalue weighted by molar-refractivity contribution is 0.514. The molecular formula is C12H19NO2S. The van der Waals surface area contributed by atoms with Crippen molar-refractivity contribution in [2.24, 2.45) is 11.7 Å². The first-order valence-corrected chi connectivity index (χ1v) is 7.12. The third-order valence-corrected chi connectivity index (χ3v) is 4.47. The fraction of sp³-hybridized carbons (Fsp3) is 0.500. The summed E-state index contributed by atoms with van der Waals surface area (Å²) in [6.45, 7) is 5.73. The summed E-state index contributed by atoms with van der Waals surface area (Å²) in [4.78, 5) is 0.370. The molecule has 0 aliphatic carbocycles. The maximum absolute atomic E-state index is 11.6. The van der Waals surface area contributed by atoms with E-state index in [-0.39, 0.29) is 11.8 Å². The van der Waals surface area contributed by atoms with Crippen molar-refractivity contribution < 1.29 is 8.42 Å². The molecule has 1 aromatic rings. The second-order valence-electron chi connectivity index (χ2n) is 4.24. The molecule has 1 rings (SSSR count). The summed E-state index contributed by atoms with van der Waals surface area (Å²) in [6.07, 6.45) is 0. The van der Waals surface area contributed by atoms with Gasteiger partial charge in [0.25, 0.3) is 0 Å². The summed E-state index contributed by atoms with van der Waals surface area (Å²) in [5.41, 5.74) is 6.96. The summed E-state index contributed by atoms with van der Waals surface area (Å²) in [6, 6.07) is 6.83. The van der Waals surface area contributed by atoms with Crippen molar-refractivity contribution in [3.05, 3.63) is 29.8 Å². The minimum absolute atomic E-state index is 0.0432. The molecular weight excluding hydrogens is 222 g/mol. The molecule has 1 atom stereocenters. The molecule has 0 bridgehead atoms. The van der Waals surface area contributed by atoms with E-state index in [2.05, 4.69) is 0 Å². The van der Waals surface area contributed by atoms with Gasteiger partial charge in [-0.15, -0.1) is 0 Å². The molecule has 4 heteroatoms. The molecule has 0 saturated heterocycles. The second-order valence-corrected chi connectivity index (χ2v) is 6.52. The van der Waals surface area contributed by atoms with Gasteiger partial charge in [-0.2, -0.15) is 0 Å². The Bertz CT molecular complexity index is 435. The third-order valence-electron chi connectivity index (χ3n) is 2.72. The quantitative estimate of drug-likeness (QED) is 0.878. The first kappa shape index (κ1) is 13.2. The van der Waals surface area contributed by atoms with Crippen LogP contribution in [0.2, 0.25) is 0 Å². The van der Waals surface area contributed by atoms with Crippen LogP contribution in [0.15, 0.2) is 29.2 Å². The van der Waals surface area contributed by atoms with E-state index < -0.39 is 9.84 Å². The van der Waals surface area contributed by atoms with Gasteiger partial charge < -0.3 is 5.73 Å². The second kappa shape index (κ2) is 4.97. The van der Waals surface area contributed by atoms with E-state index in [0.29, 0.717) is 10.8 Å². The number of hydrogen-bond acceptors (Lipinski definition) is 3. The Morgan fingerprint density at radius 1 is 1.19 bits per heavy atom. The first-order chi connectivity index (χ1) is 7.38. The van der Waals surface area contributed by atoms with Gasteiger partial charge in [-0.25, -0.2) is 8.42 Å². The SMILES string of the molecule is CCS(=O)(=O)c1ccc(C(N)C(C)C)cc1. The Morgan fingerprint density at radius 3 is 2.06 bits per heavy atom. The van der Waals surface area contributed by atoms with Gasteiger partial charge in [0.15, 0.2) is 9.84 Å². The van der Waals surface area contributed by atoms with Gasteiger partial charge in [-0.3, -0.25) is 0 Å². The van der Waals surface area contributed by atoms with E-state index in [1.807, 2.05) is 13.8 Å². The van der Waals surface area contributed by atoms with Crippen LogP contribution in [-0.4, -0.2) is 14.2 Å². The van der Waals surface area contributed by atoms with E-state index in [9.17, 15) is 8.42 Å². The summed E-state index contributed by atoms with van der Waals surface area (Å²) in [5, 5.41) is 0. The van der Waals surface area contributed by atoms with E-state index in [4.69, 9.17) is 5.73 Å². The van der Waals surface area contributed by atoms with Crippen LogP contribution < -0.4 is 5.73 Å². The minimum atomic E-state index is -3.10. The Kier molecular flexibility index (Phi) is 4.10. The van der Waals surface area contributed by atoms with Gasteiger partial charge in [-0.05, 0) is 23.6 Å². The van der Waals surface area contributed by atoms with Crippen LogP contribution >= 0.6 is 0 Å². The number of sulfone groups is 1. The molecule has 0 aromatic heterocycles. The van der Waals surface area contributed by atoms with Crippen molar-refractivity contribution in [3.8, 4) is 0 Å². The van der Waals surface area contributed by atoms with Crippen molar-refractivity contribution in [1.82, 2.24) is 0 Å². The van der Waals surface area contributed by atoms with Gasteiger partial charge in [0.05, 0.1) is 10.6 Å². The summed E-state index contributed by atoms with van der Waals surface area (Å²) >= 11 is 0.